The molecule has 0 saturated carbocycles. The van der Waals surface area contributed by atoms with Crippen LogP contribution in [-0.2, 0) is 11.4 Å². The van der Waals surface area contributed by atoms with Crippen molar-refractivity contribution in [2.75, 3.05) is 7.11 Å². The van der Waals surface area contributed by atoms with Gasteiger partial charge in [0.15, 0.2) is 0 Å². The molecular formula is C9H7F4NO4. The van der Waals surface area contributed by atoms with E-state index in [9.17, 15) is 27.2 Å². The number of alkyl halides is 4. The molecule has 0 radical (unpaired) electrons. The molecule has 1 rings (SSSR count). The van der Waals surface area contributed by atoms with Crippen LogP contribution in [0.3, 0.4) is 0 Å². The standard InChI is InChI=1S/C9H7F4NO4/c1-17-8(16)5-4(2-10)3-14-7(15)6(5)18-9(11,12)13/h3H,2H2,1H3,(H,14,15). The SMILES string of the molecule is COC(=O)c1c(CF)c[nH]c(=O)c1OC(F)(F)F. The molecule has 0 atom stereocenters. The Labute approximate surface area is 97.3 Å². The number of aromatic nitrogens is 1. The average Bonchev–Trinajstić information content (AvgIpc) is 2.29. The van der Waals surface area contributed by atoms with E-state index >= 15 is 0 Å². The van der Waals surface area contributed by atoms with Crippen LogP contribution in [0, 0.1) is 0 Å². The molecule has 0 amide bonds. The Morgan fingerprint density at radius 1 is 1.44 bits per heavy atom. The van der Waals surface area contributed by atoms with E-state index in [0.717, 1.165) is 13.3 Å². The maximum Gasteiger partial charge on any atom is 0.573 e. The maximum atomic E-state index is 12.6. The van der Waals surface area contributed by atoms with Gasteiger partial charge in [-0.2, -0.15) is 0 Å². The number of ether oxygens (including phenoxy) is 2. The fourth-order valence-corrected chi connectivity index (χ4v) is 1.19. The highest BCUT2D eigenvalue weighted by Crippen LogP contribution is 2.25. The summed E-state index contributed by atoms with van der Waals surface area (Å²) in [7, 11) is 0.878. The normalized spacial score (nSPS) is 11.2. The molecule has 9 heteroatoms. The molecule has 0 fully saturated rings. The molecule has 1 N–H and O–H groups in total. The summed E-state index contributed by atoms with van der Waals surface area (Å²) in [6.07, 6.45) is -4.41. The van der Waals surface area contributed by atoms with Crippen LogP contribution < -0.4 is 10.3 Å². The van der Waals surface area contributed by atoms with Crippen molar-refractivity contribution in [3.8, 4) is 5.75 Å². The van der Waals surface area contributed by atoms with E-state index in [1.807, 2.05) is 4.98 Å². The van der Waals surface area contributed by atoms with Gasteiger partial charge in [0.25, 0.3) is 5.56 Å². The Bertz CT molecular complexity index is 508. The quantitative estimate of drug-likeness (QED) is 0.667. The summed E-state index contributed by atoms with van der Waals surface area (Å²) in [5.74, 6) is -2.64. The number of nitrogens with one attached hydrogen (secondary N) is 1. The fourth-order valence-electron chi connectivity index (χ4n) is 1.19. The van der Waals surface area contributed by atoms with E-state index in [0.29, 0.717) is 0 Å². The minimum Gasteiger partial charge on any atom is -0.465 e. The molecule has 1 aromatic heterocycles. The van der Waals surface area contributed by atoms with Crippen molar-refractivity contribution in [1.82, 2.24) is 4.98 Å². The van der Waals surface area contributed by atoms with Crippen molar-refractivity contribution < 1.29 is 31.8 Å². The predicted molar refractivity (Wildman–Crippen MR) is 49.9 cm³/mol. The Hall–Kier alpha value is -2.06. The highest BCUT2D eigenvalue weighted by Gasteiger charge is 2.35. The summed E-state index contributed by atoms with van der Waals surface area (Å²) in [6, 6.07) is 0. The van der Waals surface area contributed by atoms with Crippen molar-refractivity contribution in [1.29, 1.82) is 0 Å². The van der Waals surface area contributed by atoms with Crippen molar-refractivity contribution in [3.63, 3.8) is 0 Å². The summed E-state index contributed by atoms with van der Waals surface area (Å²) in [5.41, 5.74) is -2.67. The number of carbonyl (C=O) groups is 1. The van der Waals surface area contributed by atoms with Gasteiger partial charge in [-0.15, -0.1) is 13.2 Å². The van der Waals surface area contributed by atoms with E-state index in [-0.39, 0.29) is 0 Å². The van der Waals surface area contributed by atoms with Crippen LogP contribution in [0.15, 0.2) is 11.0 Å². The molecule has 100 valence electrons. The van der Waals surface area contributed by atoms with E-state index in [1.165, 1.54) is 0 Å². The van der Waals surface area contributed by atoms with Gasteiger partial charge in [-0.3, -0.25) is 4.79 Å². The third kappa shape index (κ3) is 2.99. The largest absolute Gasteiger partial charge is 0.573 e. The third-order valence-corrected chi connectivity index (χ3v) is 1.88. The summed E-state index contributed by atoms with van der Waals surface area (Å²) in [5, 5.41) is 0. The number of esters is 1. The lowest BCUT2D eigenvalue weighted by atomic mass is 10.1. The molecule has 0 aliphatic rings. The zero-order valence-corrected chi connectivity index (χ0v) is 8.93. The van der Waals surface area contributed by atoms with E-state index in [2.05, 4.69) is 9.47 Å². The fraction of sp³-hybridized carbons (Fsp3) is 0.333. The molecule has 5 nitrogen and oxygen atoms in total. The molecule has 1 aromatic rings. The molecule has 0 unspecified atom stereocenters. The average molecular weight is 269 g/mol. The Kier molecular flexibility index (Phi) is 3.94. The number of rotatable bonds is 3. The number of methoxy groups -OCH3 is 1. The topological polar surface area (TPSA) is 68.4 Å². The predicted octanol–water partition coefficient (Wildman–Crippen LogP) is 1.53. The number of hydrogen-bond donors (Lipinski definition) is 1. The van der Waals surface area contributed by atoms with Crippen LogP contribution >= 0.6 is 0 Å². The second-order valence-corrected chi connectivity index (χ2v) is 3.02. The lowest BCUT2D eigenvalue weighted by Gasteiger charge is -2.12. The first-order valence-corrected chi connectivity index (χ1v) is 4.44. The lowest BCUT2D eigenvalue weighted by molar-refractivity contribution is -0.275. The van der Waals surface area contributed by atoms with E-state index in [1.54, 1.807) is 0 Å². The molecule has 0 aromatic carbocycles. The minimum atomic E-state index is -5.19. The van der Waals surface area contributed by atoms with Crippen molar-refractivity contribution in [2.24, 2.45) is 0 Å². The van der Waals surface area contributed by atoms with Crippen molar-refractivity contribution in [3.05, 3.63) is 27.7 Å². The number of H-pyrrole nitrogens is 1. The van der Waals surface area contributed by atoms with E-state index in [4.69, 9.17) is 0 Å². The van der Waals surface area contributed by atoms with Crippen LogP contribution in [0.5, 0.6) is 5.75 Å². The molecule has 0 aliphatic heterocycles. The first-order valence-electron chi connectivity index (χ1n) is 4.44. The number of hydrogen-bond acceptors (Lipinski definition) is 4. The molecule has 18 heavy (non-hydrogen) atoms. The van der Waals surface area contributed by atoms with Gasteiger partial charge in [-0.05, 0) is 0 Å². The van der Waals surface area contributed by atoms with Crippen LogP contribution in [0.1, 0.15) is 15.9 Å². The molecule has 0 spiro atoms. The van der Waals surface area contributed by atoms with Gasteiger partial charge in [-0.25, -0.2) is 9.18 Å². The monoisotopic (exact) mass is 269 g/mol. The maximum absolute atomic E-state index is 12.6. The third-order valence-electron chi connectivity index (χ3n) is 1.88. The minimum absolute atomic E-state index is 0.472. The van der Waals surface area contributed by atoms with Gasteiger partial charge in [0, 0.05) is 11.8 Å². The number of aromatic amines is 1. The zero-order valence-electron chi connectivity index (χ0n) is 8.93. The zero-order chi connectivity index (χ0) is 13.9. The number of pyridine rings is 1. The molecule has 1 heterocycles. The van der Waals surface area contributed by atoms with Crippen LogP contribution in [0.25, 0.3) is 0 Å². The summed E-state index contributed by atoms with van der Waals surface area (Å²) in [6.45, 7) is -1.27. The Balaban J connectivity index is 3.46. The molecular weight excluding hydrogens is 262 g/mol. The molecule has 0 bridgehead atoms. The highest BCUT2D eigenvalue weighted by atomic mass is 19.4. The van der Waals surface area contributed by atoms with Gasteiger partial charge >= 0.3 is 12.3 Å². The number of halogens is 4. The Morgan fingerprint density at radius 2 is 2.06 bits per heavy atom. The lowest BCUT2D eigenvalue weighted by Crippen LogP contribution is -2.26. The van der Waals surface area contributed by atoms with Crippen molar-refractivity contribution in [2.45, 2.75) is 13.0 Å². The summed E-state index contributed by atoms with van der Waals surface area (Å²) in [4.78, 5) is 24.3. The van der Waals surface area contributed by atoms with Crippen LogP contribution in [0.4, 0.5) is 17.6 Å². The highest BCUT2D eigenvalue weighted by molar-refractivity contribution is 5.93. The second-order valence-electron chi connectivity index (χ2n) is 3.02. The van der Waals surface area contributed by atoms with Crippen LogP contribution in [-0.4, -0.2) is 24.4 Å². The van der Waals surface area contributed by atoms with Gasteiger partial charge in [0.05, 0.1) is 7.11 Å². The van der Waals surface area contributed by atoms with Gasteiger partial charge in [-0.1, -0.05) is 0 Å². The summed E-state index contributed by atoms with van der Waals surface area (Å²) >= 11 is 0. The van der Waals surface area contributed by atoms with E-state index < -0.39 is 41.4 Å². The first kappa shape index (κ1) is 14.0. The first-order chi connectivity index (χ1) is 8.30. The van der Waals surface area contributed by atoms with Gasteiger partial charge in [0.2, 0.25) is 5.75 Å². The van der Waals surface area contributed by atoms with Crippen LogP contribution in [0.2, 0.25) is 0 Å². The second kappa shape index (κ2) is 5.07. The van der Waals surface area contributed by atoms with Gasteiger partial charge in [0.1, 0.15) is 12.2 Å². The molecule has 0 saturated heterocycles. The van der Waals surface area contributed by atoms with Crippen molar-refractivity contribution >= 4 is 5.97 Å². The Morgan fingerprint density at radius 3 is 2.50 bits per heavy atom. The van der Waals surface area contributed by atoms with Gasteiger partial charge < -0.3 is 14.5 Å². The molecule has 0 aliphatic carbocycles. The number of carbonyl (C=O) groups excluding carboxylic acids is 1. The smallest absolute Gasteiger partial charge is 0.465 e. The summed E-state index contributed by atoms with van der Waals surface area (Å²) < 4.78 is 56.4.